The third-order valence-corrected chi connectivity index (χ3v) is 8.94. The summed E-state index contributed by atoms with van der Waals surface area (Å²) in [6.07, 6.45) is 0. The maximum absolute atomic E-state index is 13.7. The number of aromatic amines is 1. The fourth-order valence-corrected chi connectivity index (χ4v) is 7.34. The average molecular weight is 500 g/mol. The molecular weight excluding hydrogens is 478 g/mol. The van der Waals surface area contributed by atoms with Crippen LogP contribution < -0.4 is 14.7 Å². The van der Waals surface area contributed by atoms with Crippen molar-refractivity contribution in [1.82, 2.24) is 4.98 Å². The van der Waals surface area contributed by atoms with Gasteiger partial charge in [-0.25, -0.2) is 4.90 Å². The van der Waals surface area contributed by atoms with E-state index >= 15 is 0 Å². The first-order valence-corrected chi connectivity index (χ1v) is 12.9. The molecule has 3 atom stereocenters. The second-order valence-electron chi connectivity index (χ2n) is 8.00. The number of nitrogens with one attached hydrogen (secondary N) is 1. The Morgan fingerprint density at radius 3 is 2.27 bits per heavy atom. The molecule has 2 aromatic carbocycles. The second-order valence-corrected chi connectivity index (χ2v) is 10.6. The van der Waals surface area contributed by atoms with Gasteiger partial charge in [-0.3, -0.25) is 14.4 Å². The predicted molar refractivity (Wildman–Crippen MR) is 134 cm³/mol. The highest BCUT2D eigenvalue weighted by Gasteiger charge is 2.56. The number of halogens is 1. The van der Waals surface area contributed by atoms with Gasteiger partial charge in [0.2, 0.25) is 11.8 Å². The minimum atomic E-state index is -0.599. The van der Waals surface area contributed by atoms with Crippen LogP contribution in [0.2, 0.25) is 5.02 Å². The Balaban J connectivity index is 1.59. The van der Waals surface area contributed by atoms with E-state index < -0.39 is 11.2 Å². The standard InChI is InChI=1S/C24H22ClN3O3S2/c1-3-27(4-2)15-9-5-13(6-10-15)17-18-20(32-21-19(17)33-24(31)26-21)23(30)28(22(18)29)16-11-7-14(25)8-12-16/h5-12,17-18,20H,3-4H2,1-2H3,(H,26,31)/t17-,18-,20+/m0/s1. The van der Waals surface area contributed by atoms with Crippen molar-refractivity contribution in [2.24, 2.45) is 5.92 Å². The molecule has 0 aliphatic carbocycles. The fourth-order valence-electron chi connectivity index (χ4n) is 4.70. The van der Waals surface area contributed by atoms with Crippen molar-refractivity contribution < 1.29 is 9.59 Å². The van der Waals surface area contributed by atoms with Gasteiger partial charge in [0.25, 0.3) is 0 Å². The number of rotatable bonds is 5. The summed E-state index contributed by atoms with van der Waals surface area (Å²) in [6, 6.07) is 14.8. The zero-order valence-corrected chi connectivity index (χ0v) is 20.5. The molecule has 6 nitrogen and oxygen atoms in total. The Bertz CT molecular complexity index is 1270. The van der Waals surface area contributed by atoms with Crippen molar-refractivity contribution >= 4 is 57.9 Å². The van der Waals surface area contributed by atoms with Crippen molar-refractivity contribution in [2.75, 3.05) is 22.9 Å². The zero-order chi connectivity index (χ0) is 23.3. The third kappa shape index (κ3) is 3.70. The number of aromatic nitrogens is 1. The molecule has 3 aromatic rings. The van der Waals surface area contributed by atoms with Crippen molar-refractivity contribution in [3.05, 3.63) is 73.7 Å². The van der Waals surface area contributed by atoms with E-state index in [1.54, 1.807) is 24.3 Å². The molecule has 1 N–H and O–H groups in total. The molecule has 1 saturated heterocycles. The van der Waals surface area contributed by atoms with Gasteiger partial charge in [-0.15, -0.1) is 0 Å². The molecule has 5 rings (SSSR count). The zero-order valence-electron chi connectivity index (χ0n) is 18.1. The number of amides is 2. The van der Waals surface area contributed by atoms with E-state index in [1.807, 2.05) is 24.3 Å². The van der Waals surface area contributed by atoms with E-state index in [-0.39, 0.29) is 22.6 Å². The Kier molecular flexibility index (Phi) is 5.84. The number of anilines is 2. The lowest BCUT2D eigenvalue weighted by molar-refractivity contribution is -0.122. The van der Waals surface area contributed by atoms with Gasteiger partial charge in [0.1, 0.15) is 5.25 Å². The van der Waals surface area contributed by atoms with E-state index in [0.717, 1.165) is 40.6 Å². The van der Waals surface area contributed by atoms with E-state index in [2.05, 4.69) is 23.7 Å². The first-order valence-electron chi connectivity index (χ1n) is 10.8. The van der Waals surface area contributed by atoms with Crippen LogP contribution >= 0.6 is 34.7 Å². The number of benzene rings is 2. The maximum atomic E-state index is 13.7. The minimum Gasteiger partial charge on any atom is -0.372 e. The Hall–Kier alpha value is -2.55. The van der Waals surface area contributed by atoms with Crippen molar-refractivity contribution in [3.8, 4) is 0 Å². The Morgan fingerprint density at radius 2 is 1.64 bits per heavy atom. The molecule has 0 saturated carbocycles. The summed E-state index contributed by atoms with van der Waals surface area (Å²) < 4.78 is 0. The normalized spacial score (nSPS) is 21.8. The lowest BCUT2D eigenvalue weighted by Gasteiger charge is -2.30. The van der Waals surface area contributed by atoms with Gasteiger partial charge in [0.05, 0.1) is 16.6 Å². The highest BCUT2D eigenvalue weighted by atomic mass is 35.5. The van der Waals surface area contributed by atoms with Crippen LogP contribution in [0, 0.1) is 5.92 Å². The molecule has 170 valence electrons. The van der Waals surface area contributed by atoms with E-state index in [9.17, 15) is 14.4 Å². The highest BCUT2D eigenvalue weighted by Crippen LogP contribution is 2.53. The van der Waals surface area contributed by atoms with E-state index in [0.29, 0.717) is 15.7 Å². The first kappa shape index (κ1) is 22.3. The van der Waals surface area contributed by atoms with Crippen LogP contribution in [0.15, 0.2) is 58.4 Å². The third-order valence-electron chi connectivity index (χ3n) is 6.29. The molecule has 0 bridgehead atoms. The van der Waals surface area contributed by atoms with E-state index in [1.165, 1.54) is 16.7 Å². The largest absolute Gasteiger partial charge is 0.372 e. The van der Waals surface area contributed by atoms with E-state index in [4.69, 9.17) is 11.6 Å². The molecule has 9 heteroatoms. The van der Waals surface area contributed by atoms with Crippen LogP contribution in [0.5, 0.6) is 0 Å². The molecule has 2 amide bonds. The number of carbonyl (C=O) groups excluding carboxylic acids is 2. The molecular formula is C24H22ClN3O3S2. The summed E-state index contributed by atoms with van der Waals surface area (Å²) in [5.74, 6) is -1.46. The summed E-state index contributed by atoms with van der Waals surface area (Å²) in [7, 11) is 0. The predicted octanol–water partition coefficient (Wildman–Crippen LogP) is 4.73. The van der Waals surface area contributed by atoms with Crippen molar-refractivity contribution in [2.45, 2.75) is 30.0 Å². The number of H-pyrrole nitrogens is 1. The Morgan fingerprint density at radius 1 is 0.970 bits per heavy atom. The molecule has 2 aliphatic rings. The first-order chi connectivity index (χ1) is 15.9. The van der Waals surface area contributed by atoms with Crippen LogP contribution in [0.3, 0.4) is 0 Å². The molecule has 0 unspecified atom stereocenters. The van der Waals surface area contributed by atoms with Crippen LogP contribution in [-0.4, -0.2) is 35.1 Å². The highest BCUT2D eigenvalue weighted by molar-refractivity contribution is 8.00. The van der Waals surface area contributed by atoms with Crippen LogP contribution in [0.4, 0.5) is 11.4 Å². The molecule has 2 aliphatic heterocycles. The maximum Gasteiger partial charge on any atom is 0.305 e. The smallest absolute Gasteiger partial charge is 0.305 e. The van der Waals surface area contributed by atoms with Gasteiger partial charge >= 0.3 is 4.87 Å². The van der Waals surface area contributed by atoms with Gasteiger partial charge in [-0.2, -0.15) is 0 Å². The van der Waals surface area contributed by atoms with Crippen LogP contribution in [0.25, 0.3) is 0 Å². The SMILES string of the molecule is CCN(CC)c1ccc([C@@H]2c3sc(=O)[nH]c3S[C@H]3C(=O)N(c4ccc(Cl)cc4)C(=O)[C@@H]23)cc1. The molecule has 3 heterocycles. The van der Waals surface area contributed by atoms with Crippen molar-refractivity contribution in [1.29, 1.82) is 0 Å². The number of nitrogens with zero attached hydrogens (tertiary/aromatic N) is 2. The summed E-state index contributed by atoms with van der Waals surface area (Å²) in [5.41, 5.74) is 2.54. The summed E-state index contributed by atoms with van der Waals surface area (Å²) in [4.78, 5) is 46.3. The average Bonchev–Trinajstić information content (AvgIpc) is 3.30. The number of thiazole rings is 1. The number of carbonyl (C=O) groups is 2. The second kappa shape index (κ2) is 8.66. The van der Waals surface area contributed by atoms with Crippen LogP contribution in [-0.2, 0) is 9.59 Å². The van der Waals surface area contributed by atoms with Gasteiger partial charge in [0, 0.05) is 34.6 Å². The Labute approximate surface area is 204 Å². The van der Waals surface area contributed by atoms with Gasteiger partial charge in [-0.05, 0) is 55.8 Å². The van der Waals surface area contributed by atoms with Gasteiger partial charge in [-0.1, -0.05) is 46.8 Å². The number of hydrogen-bond acceptors (Lipinski definition) is 6. The fraction of sp³-hybridized carbons (Fsp3) is 0.292. The van der Waals surface area contributed by atoms with Crippen LogP contribution in [0.1, 0.15) is 30.2 Å². The summed E-state index contributed by atoms with van der Waals surface area (Å²) in [5, 5.41) is 0.622. The van der Waals surface area contributed by atoms with Crippen molar-refractivity contribution in [3.63, 3.8) is 0 Å². The lowest BCUT2D eigenvalue weighted by atomic mass is 9.83. The molecule has 0 radical (unpaired) electrons. The van der Waals surface area contributed by atoms with Gasteiger partial charge < -0.3 is 9.88 Å². The monoisotopic (exact) mass is 499 g/mol. The number of imide groups is 1. The lowest BCUT2D eigenvalue weighted by Crippen LogP contribution is -2.32. The minimum absolute atomic E-state index is 0.174. The molecule has 1 aromatic heterocycles. The topological polar surface area (TPSA) is 73.5 Å². The van der Waals surface area contributed by atoms with Gasteiger partial charge in [0.15, 0.2) is 0 Å². The number of hydrogen-bond donors (Lipinski definition) is 1. The molecule has 1 fully saturated rings. The quantitative estimate of drug-likeness (QED) is 0.514. The molecule has 0 spiro atoms. The number of fused-ring (bicyclic) bond motifs is 2. The summed E-state index contributed by atoms with van der Waals surface area (Å²) >= 11 is 8.41. The molecule has 33 heavy (non-hydrogen) atoms. The summed E-state index contributed by atoms with van der Waals surface area (Å²) in [6.45, 7) is 6.01. The number of thioether (sulfide) groups is 1.